The maximum absolute atomic E-state index is 13.0. The highest BCUT2D eigenvalue weighted by atomic mass is 35.5. The number of anilines is 1. The quantitative estimate of drug-likeness (QED) is 0.381. The molecule has 2 aromatic carbocycles. The van der Waals surface area contributed by atoms with Gasteiger partial charge in [-0.25, -0.2) is 9.67 Å². The van der Waals surface area contributed by atoms with Crippen molar-refractivity contribution in [2.75, 3.05) is 5.32 Å². The van der Waals surface area contributed by atoms with Crippen molar-refractivity contribution in [1.29, 1.82) is 0 Å². The van der Waals surface area contributed by atoms with E-state index in [1.165, 1.54) is 22.4 Å². The minimum Gasteiger partial charge on any atom is -0.310 e. The Labute approximate surface area is 197 Å². The van der Waals surface area contributed by atoms with Crippen molar-refractivity contribution in [3.8, 4) is 0 Å². The molecular formula is C25H26ClN5O2. The second kappa shape index (κ2) is 10.4. The molecule has 4 rings (SSSR count). The fraction of sp³-hybridized carbons (Fsp3) is 0.280. The Morgan fingerprint density at radius 2 is 1.85 bits per heavy atom. The number of nitrogens with one attached hydrogen (secondary N) is 1. The van der Waals surface area contributed by atoms with E-state index in [0.717, 1.165) is 31.2 Å². The van der Waals surface area contributed by atoms with Gasteiger partial charge in [-0.2, -0.15) is 5.10 Å². The number of halogens is 1. The third-order valence-electron chi connectivity index (χ3n) is 5.45. The van der Waals surface area contributed by atoms with Crippen LogP contribution in [0.25, 0.3) is 11.0 Å². The van der Waals surface area contributed by atoms with Crippen molar-refractivity contribution >= 4 is 34.5 Å². The summed E-state index contributed by atoms with van der Waals surface area (Å²) in [7, 11) is 0. The van der Waals surface area contributed by atoms with Crippen LogP contribution in [0.15, 0.2) is 65.5 Å². The summed E-state index contributed by atoms with van der Waals surface area (Å²) in [5, 5.41) is 7.70. The summed E-state index contributed by atoms with van der Waals surface area (Å²) >= 11 is 6.16. The molecule has 0 aliphatic rings. The maximum Gasteiger partial charge on any atom is 0.278 e. The fourth-order valence-corrected chi connectivity index (χ4v) is 3.88. The summed E-state index contributed by atoms with van der Waals surface area (Å²) in [6.07, 6.45) is 3.53. The minimum absolute atomic E-state index is 0.173. The van der Waals surface area contributed by atoms with Gasteiger partial charge in [-0.05, 0) is 49.1 Å². The van der Waals surface area contributed by atoms with Crippen LogP contribution in [0.2, 0.25) is 5.02 Å². The predicted molar refractivity (Wildman–Crippen MR) is 131 cm³/mol. The number of rotatable bonds is 9. The molecule has 0 atom stereocenters. The molecule has 1 N–H and O–H groups in total. The van der Waals surface area contributed by atoms with Crippen LogP contribution in [-0.4, -0.2) is 25.2 Å². The Bertz CT molecular complexity index is 1310. The lowest BCUT2D eigenvalue weighted by Crippen LogP contribution is -2.26. The van der Waals surface area contributed by atoms with E-state index in [0.29, 0.717) is 29.6 Å². The van der Waals surface area contributed by atoms with Gasteiger partial charge in [0.25, 0.3) is 11.5 Å². The number of aromatic nitrogens is 4. The van der Waals surface area contributed by atoms with Gasteiger partial charge in [0.1, 0.15) is 5.69 Å². The molecule has 0 saturated heterocycles. The SMILES string of the molecule is CCCCn1nc(C(=O)Nc2nc3cc(Cl)ccc3n2CCCc2ccccc2)ccc1=O. The van der Waals surface area contributed by atoms with Crippen molar-refractivity contribution in [1.82, 2.24) is 19.3 Å². The minimum atomic E-state index is -0.411. The van der Waals surface area contributed by atoms with Crippen LogP contribution in [0.1, 0.15) is 42.2 Å². The standard InChI is InChI=1S/C25H26ClN5O2/c1-2-3-16-31-23(32)14-12-20(29-31)24(33)28-25-27-21-17-19(26)11-13-22(21)30(25)15-7-10-18-8-5-4-6-9-18/h4-6,8-9,11-14,17H,2-3,7,10,15-16H2,1H3,(H,27,28,33). The molecule has 4 aromatic rings. The van der Waals surface area contributed by atoms with Crippen molar-refractivity contribution in [3.05, 3.63) is 87.3 Å². The molecule has 2 aromatic heterocycles. The van der Waals surface area contributed by atoms with Crippen LogP contribution in [0.4, 0.5) is 5.95 Å². The Morgan fingerprint density at radius 1 is 1.03 bits per heavy atom. The highest BCUT2D eigenvalue weighted by molar-refractivity contribution is 6.31. The van der Waals surface area contributed by atoms with E-state index in [9.17, 15) is 9.59 Å². The molecule has 2 heterocycles. The number of aryl methyl sites for hydroxylation is 3. The first-order valence-electron chi connectivity index (χ1n) is 11.1. The molecule has 170 valence electrons. The Hall–Kier alpha value is -3.45. The number of unbranched alkanes of at least 4 members (excludes halogenated alkanes) is 1. The average molecular weight is 464 g/mol. The summed E-state index contributed by atoms with van der Waals surface area (Å²) < 4.78 is 3.32. The van der Waals surface area contributed by atoms with Crippen LogP contribution >= 0.6 is 11.6 Å². The van der Waals surface area contributed by atoms with E-state index in [2.05, 4.69) is 27.5 Å². The molecule has 1 amide bonds. The normalized spacial score (nSPS) is 11.1. The molecule has 33 heavy (non-hydrogen) atoms. The lowest BCUT2D eigenvalue weighted by Gasteiger charge is -2.11. The van der Waals surface area contributed by atoms with Gasteiger partial charge >= 0.3 is 0 Å². The molecule has 7 nitrogen and oxygen atoms in total. The Morgan fingerprint density at radius 3 is 2.64 bits per heavy atom. The summed E-state index contributed by atoms with van der Waals surface area (Å²) in [5.41, 5.74) is 2.81. The number of hydrogen-bond acceptors (Lipinski definition) is 4. The average Bonchev–Trinajstić information content (AvgIpc) is 3.15. The van der Waals surface area contributed by atoms with E-state index in [-0.39, 0.29) is 11.3 Å². The van der Waals surface area contributed by atoms with Crippen LogP contribution in [0.5, 0.6) is 0 Å². The molecule has 8 heteroatoms. The molecule has 0 unspecified atom stereocenters. The van der Waals surface area contributed by atoms with Gasteiger partial charge in [0.05, 0.1) is 11.0 Å². The van der Waals surface area contributed by atoms with E-state index in [1.807, 2.05) is 41.8 Å². The van der Waals surface area contributed by atoms with Gasteiger partial charge in [-0.15, -0.1) is 0 Å². The van der Waals surface area contributed by atoms with Crippen molar-refractivity contribution in [2.24, 2.45) is 0 Å². The van der Waals surface area contributed by atoms with Gasteiger partial charge in [0.15, 0.2) is 0 Å². The summed E-state index contributed by atoms with van der Waals surface area (Å²) in [6, 6.07) is 18.6. The van der Waals surface area contributed by atoms with Gasteiger partial charge in [-0.1, -0.05) is 55.3 Å². The van der Waals surface area contributed by atoms with E-state index in [1.54, 1.807) is 6.07 Å². The Balaban J connectivity index is 1.58. The summed E-state index contributed by atoms with van der Waals surface area (Å²) in [4.78, 5) is 29.6. The zero-order valence-corrected chi connectivity index (χ0v) is 19.3. The highest BCUT2D eigenvalue weighted by Gasteiger charge is 2.16. The molecule has 0 aliphatic carbocycles. The van der Waals surface area contributed by atoms with Gasteiger partial charge in [0, 0.05) is 24.2 Å². The number of carbonyl (C=O) groups excluding carboxylic acids is 1. The number of amides is 1. The smallest absolute Gasteiger partial charge is 0.278 e. The number of fused-ring (bicyclic) bond motifs is 1. The van der Waals surface area contributed by atoms with Crippen LogP contribution in [-0.2, 0) is 19.5 Å². The van der Waals surface area contributed by atoms with Gasteiger partial charge < -0.3 is 4.57 Å². The third-order valence-corrected chi connectivity index (χ3v) is 5.68. The highest BCUT2D eigenvalue weighted by Crippen LogP contribution is 2.24. The molecule has 0 spiro atoms. The molecular weight excluding hydrogens is 438 g/mol. The van der Waals surface area contributed by atoms with E-state index < -0.39 is 5.91 Å². The van der Waals surface area contributed by atoms with Gasteiger partial charge in [0.2, 0.25) is 5.95 Å². The first kappa shape index (κ1) is 22.7. The Kier molecular flexibility index (Phi) is 7.19. The molecule has 0 bridgehead atoms. The molecule has 0 saturated carbocycles. The lowest BCUT2D eigenvalue weighted by atomic mass is 10.1. The van der Waals surface area contributed by atoms with Gasteiger partial charge in [-0.3, -0.25) is 14.9 Å². The maximum atomic E-state index is 13.0. The zero-order chi connectivity index (χ0) is 23.2. The van der Waals surface area contributed by atoms with Crippen LogP contribution < -0.4 is 10.9 Å². The van der Waals surface area contributed by atoms with Crippen LogP contribution in [0.3, 0.4) is 0 Å². The van der Waals surface area contributed by atoms with Crippen LogP contribution in [0, 0.1) is 0 Å². The van der Waals surface area contributed by atoms with E-state index >= 15 is 0 Å². The number of nitrogens with zero attached hydrogens (tertiary/aromatic N) is 4. The fourth-order valence-electron chi connectivity index (χ4n) is 3.71. The summed E-state index contributed by atoms with van der Waals surface area (Å²) in [6.45, 7) is 3.19. The second-order valence-corrected chi connectivity index (χ2v) is 8.33. The number of benzene rings is 2. The predicted octanol–water partition coefficient (Wildman–Crippen LogP) is 4.93. The number of hydrogen-bond donors (Lipinski definition) is 1. The largest absolute Gasteiger partial charge is 0.310 e. The van der Waals surface area contributed by atoms with Crippen molar-refractivity contribution in [3.63, 3.8) is 0 Å². The topological polar surface area (TPSA) is 81.8 Å². The number of imidazole rings is 1. The first-order valence-corrected chi connectivity index (χ1v) is 11.5. The number of carbonyl (C=O) groups is 1. The molecule has 0 radical (unpaired) electrons. The first-order chi connectivity index (χ1) is 16.0. The zero-order valence-electron chi connectivity index (χ0n) is 18.5. The van der Waals surface area contributed by atoms with Crippen molar-refractivity contribution < 1.29 is 4.79 Å². The lowest BCUT2D eigenvalue weighted by molar-refractivity contribution is 0.101. The molecule has 0 fully saturated rings. The third kappa shape index (κ3) is 5.49. The van der Waals surface area contributed by atoms with Crippen molar-refractivity contribution in [2.45, 2.75) is 45.7 Å². The summed E-state index contributed by atoms with van der Waals surface area (Å²) in [5.74, 6) is 0.0180. The second-order valence-electron chi connectivity index (χ2n) is 7.90. The molecule has 0 aliphatic heterocycles. The van der Waals surface area contributed by atoms with E-state index in [4.69, 9.17) is 11.6 Å². The monoisotopic (exact) mass is 463 g/mol.